The van der Waals surface area contributed by atoms with E-state index in [9.17, 15) is 19.2 Å². The molecule has 0 radical (unpaired) electrons. The molecule has 0 aromatic carbocycles. The van der Waals surface area contributed by atoms with Crippen LogP contribution in [0.4, 0.5) is 0 Å². The zero-order valence-electron chi connectivity index (χ0n) is 12.3. The Balaban J connectivity index is 4.45. The SMILES string of the molecule is C#CCSC[C@H](NC(=O)CC[C@H](N)OC=O)C(=O)NCC(=O)O. The number of carboxylic acids is 1. The van der Waals surface area contributed by atoms with Gasteiger partial charge in [-0.2, -0.15) is 0 Å². The number of ether oxygens (including phenoxy) is 1. The Morgan fingerprint density at radius 2 is 2.13 bits per heavy atom. The second-order valence-electron chi connectivity index (χ2n) is 4.26. The van der Waals surface area contributed by atoms with Crippen LogP contribution in [-0.2, 0) is 23.9 Å². The van der Waals surface area contributed by atoms with Crippen LogP contribution in [0, 0.1) is 12.3 Å². The van der Waals surface area contributed by atoms with E-state index in [2.05, 4.69) is 21.3 Å². The van der Waals surface area contributed by atoms with Gasteiger partial charge in [0.25, 0.3) is 6.47 Å². The van der Waals surface area contributed by atoms with E-state index in [1.165, 1.54) is 11.8 Å². The van der Waals surface area contributed by atoms with E-state index < -0.39 is 36.6 Å². The van der Waals surface area contributed by atoms with Crippen molar-refractivity contribution < 1.29 is 29.0 Å². The molecule has 0 rings (SSSR count). The first-order valence-electron chi connectivity index (χ1n) is 6.55. The number of thioether (sulfide) groups is 1. The van der Waals surface area contributed by atoms with Crippen molar-refractivity contribution in [2.45, 2.75) is 25.1 Å². The predicted octanol–water partition coefficient (Wildman–Crippen LogP) is -1.72. The standard InChI is InChI=1S/C13H19N3O6S/c1-2-5-23-7-9(13(21)15-6-12(19)20)16-11(18)4-3-10(14)22-8-17/h1,8-10H,3-7,14H2,(H,15,21)(H,16,18)(H,19,20)/t9-,10+/m0/s1. The molecule has 0 bridgehead atoms. The second-order valence-corrected chi connectivity index (χ2v) is 5.29. The molecule has 0 aromatic heterocycles. The van der Waals surface area contributed by atoms with E-state index in [1.807, 2.05) is 0 Å². The molecule has 0 saturated carbocycles. The maximum Gasteiger partial charge on any atom is 0.322 e. The van der Waals surface area contributed by atoms with E-state index in [-0.39, 0.29) is 25.1 Å². The van der Waals surface area contributed by atoms with Crippen LogP contribution in [0.5, 0.6) is 0 Å². The number of nitrogens with two attached hydrogens (primary N) is 1. The zero-order valence-corrected chi connectivity index (χ0v) is 13.1. The van der Waals surface area contributed by atoms with Gasteiger partial charge in [0.1, 0.15) is 12.6 Å². The number of terminal acetylenes is 1. The Bertz CT molecular complexity index is 465. The smallest absolute Gasteiger partial charge is 0.322 e. The fourth-order valence-electron chi connectivity index (χ4n) is 1.38. The Hall–Kier alpha value is -2.25. The predicted molar refractivity (Wildman–Crippen MR) is 83.1 cm³/mol. The maximum atomic E-state index is 11.9. The lowest BCUT2D eigenvalue weighted by molar-refractivity contribution is -0.138. The first-order valence-corrected chi connectivity index (χ1v) is 7.71. The van der Waals surface area contributed by atoms with Crippen molar-refractivity contribution in [1.29, 1.82) is 0 Å². The minimum atomic E-state index is -1.20. The van der Waals surface area contributed by atoms with E-state index in [1.54, 1.807) is 0 Å². The minimum absolute atomic E-state index is 0.0580. The Kier molecular flexibility index (Phi) is 11.1. The summed E-state index contributed by atoms with van der Waals surface area (Å²) < 4.78 is 4.44. The molecule has 2 amide bonds. The van der Waals surface area contributed by atoms with Gasteiger partial charge in [-0.3, -0.25) is 24.9 Å². The van der Waals surface area contributed by atoms with Crippen LogP contribution < -0.4 is 16.4 Å². The van der Waals surface area contributed by atoms with Gasteiger partial charge in [-0.05, 0) is 0 Å². The summed E-state index contributed by atoms with van der Waals surface area (Å²) in [5.74, 6) is 0.611. The van der Waals surface area contributed by atoms with E-state index >= 15 is 0 Å². The van der Waals surface area contributed by atoms with Gasteiger partial charge >= 0.3 is 5.97 Å². The number of nitrogens with one attached hydrogen (secondary N) is 2. The molecule has 128 valence electrons. The summed E-state index contributed by atoms with van der Waals surface area (Å²) in [6, 6.07) is -0.927. The molecule has 0 aliphatic carbocycles. The van der Waals surface area contributed by atoms with Gasteiger partial charge in [0.15, 0.2) is 6.23 Å². The third-order valence-electron chi connectivity index (χ3n) is 2.42. The summed E-state index contributed by atoms with van der Waals surface area (Å²) in [4.78, 5) is 44.2. The zero-order chi connectivity index (χ0) is 17.7. The van der Waals surface area contributed by atoms with Crippen molar-refractivity contribution in [3.8, 4) is 12.3 Å². The lowest BCUT2D eigenvalue weighted by Crippen LogP contribution is -2.49. The molecule has 0 heterocycles. The van der Waals surface area contributed by atoms with Gasteiger partial charge in [0.05, 0.1) is 5.75 Å². The third-order valence-corrected chi connectivity index (χ3v) is 3.36. The fourth-order valence-corrected chi connectivity index (χ4v) is 2.09. The number of hydrogen-bond acceptors (Lipinski definition) is 7. The molecule has 0 aromatic rings. The molecule has 0 saturated heterocycles. The van der Waals surface area contributed by atoms with Gasteiger partial charge in [0.2, 0.25) is 11.8 Å². The number of rotatable bonds is 12. The first kappa shape index (κ1) is 20.8. The van der Waals surface area contributed by atoms with Gasteiger partial charge in [-0.15, -0.1) is 18.2 Å². The van der Waals surface area contributed by atoms with Crippen LogP contribution in [-0.4, -0.2) is 59.7 Å². The molecule has 2 atom stereocenters. The van der Waals surface area contributed by atoms with Gasteiger partial charge in [0, 0.05) is 18.6 Å². The average Bonchev–Trinajstić information content (AvgIpc) is 2.50. The summed E-state index contributed by atoms with van der Waals surface area (Å²) >= 11 is 1.24. The average molecular weight is 345 g/mol. The van der Waals surface area contributed by atoms with E-state index in [0.717, 1.165) is 0 Å². The monoisotopic (exact) mass is 345 g/mol. The first-order chi connectivity index (χ1) is 10.9. The number of hydrogen-bond donors (Lipinski definition) is 4. The van der Waals surface area contributed by atoms with E-state index in [4.69, 9.17) is 17.3 Å². The van der Waals surface area contributed by atoms with Crippen LogP contribution in [0.2, 0.25) is 0 Å². The van der Waals surface area contributed by atoms with Crippen molar-refractivity contribution in [1.82, 2.24) is 10.6 Å². The highest BCUT2D eigenvalue weighted by Gasteiger charge is 2.21. The largest absolute Gasteiger partial charge is 0.480 e. The molecular weight excluding hydrogens is 326 g/mol. The van der Waals surface area contributed by atoms with Crippen molar-refractivity contribution in [2.24, 2.45) is 5.73 Å². The van der Waals surface area contributed by atoms with Crippen molar-refractivity contribution in [2.75, 3.05) is 18.1 Å². The molecular formula is C13H19N3O6S. The highest BCUT2D eigenvalue weighted by Crippen LogP contribution is 2.04. The lowest BCUT2D eigenvalue weighted by Gasteiger charge is -2.18. The molecule has 5 N–H and O–H groups in total. The molecule has 0 aliphatic rings. The Labute approximate surface area is 137 Å². The Morgan fingerprint density at radius 1 is 1.43 bits per heavy atom. The molecule has 0 unspecified atom stereocenters. The molecule has 23 heavy (non-hydrogen) atoms. The summed E-state index contributed by atoms with van der Waals surface area (Å²) in [7, 11) is 0. The third kappa shape index (κ3) is 11.0. The summed E-state index contributed by atoms with van der Waals surface area (Å²) in [5, 5.41) is 13.2. The summed E-state index contributed by atoms with van der Waals surface area (Å²) in [6.45, 7) is -0.371. The lowest BCUT2D eigenvalue weighted by atomic mass is 10.2. The van der Waals surface area contributed by atoms with Crippen LogP contribution >= 0.6 is 11.8 Å². The number of aliphatic carboxylic acids is 1. The van der Waals surface area contributed by atoms with E-state index in [0.29, 0.717) is 5.75 Å². The molecule has 0 spiro atoms. The fraction of sp³-hybridized carbons (Fsp3) is 0.538. The second kappa shape index (κ2) is 12.3. The number of carbonyl (C=O) groups excluding carboxylic acids is 3. The summed E-state index contributed by atoms with van der Waals surface area (Å²) in [5.41, 5.74) is 5.40. The van der Waals surface area contributed by atoms with Gasteiger partial charge in [-0.1, -0.05) is 5.92 Å². The Morgan fingerprint density at radius 3 is 2.70 bits per heavy atom. The number of amides is 2. The topological polar surface area (TPSA) is 148 Å². The van der Waals surface area contributed by atoms with Gasteiger partial charge in [-0.25, -0.2) is 0 Å². The van der Waals surface area contributed by atoms with Crippen molar-refractivity contribution >= 4 is 36.0 Å². The molecule has 0 aliphatic heterocycles. The minimum Gasteiger partial charge on any atom is -0.480 e. The molecule has 10 heteroatoms. The summed E-state index contributed by atoms with van der Waals surface area (Å²) in [6.07, 6.45) is 4.23. The maximum absolute atomic E-state index is 11.9. The number of carbonyl (C=O) groups is 4. The molecule has 0 fully saturated rings. The van der Waals surface area contributed by atoms with Crippen LogP contribution in [0.3, 0.4) is 0 Å². The normalized spacial score (nSPS) is 12.3. The van der Waals surface area contributed by atoms with Crippen molar-refractivity contribution in [3.63, 3.8) is 0 Å². The quantitative estimate of drug-likeness (QED) is 0.141. The highest BCUT2D eigenvalue weighted by atomic mass is 32.2. The molecule has 9 nitrogen and oxygen atoms in total. The highest BCUT2D eigenvalue weighted by molar-refractivity contribution is 7.99. The number of carboxylic acid groups (broad SMARTS) is 1. The van der Waals surface area contributed by atoms with Crippen LogP contribution in [0.25, 0.3) is 0 Å². The van der Waals surface area contributed by atoms with Crippen molar-refractivity contribution in [3.05, 3.63) is 0 Å². The van der Waals surface area contributed by atoms with Crippen LogP contribution in [0.15, 0.2) is 0 Å². The van der Waals surface area contributed by atoms with Gasteiger partial charge < -0.3 is 20.5 Å². The van der Waals surface area contributed by atoms with Crippen LogP contribution in [0.1, 0.15) is 12.8 Å².